The van der Waals surface area contributed by atoms with Crippen LogP contribution in [0.3, 0.4) is 0 Å². The van der Waals surface area contributed by atoms with Gasteiger partial charge in [0.05, 0.1) is 5.69 Å². The molecule has 2 rings (SSSR count). The maximum Gasteiger partial charge on any atom is 0.326 e. The molecule has 7 heteroatoms. The molecule has 0 saturated carbocycles. The zero-order valence-electron chi connectivity index (χ0n) is 10.5. The lowest BCUT2D eigenvalue weighted by Gasteiger charge is -2.20. The second-order valence-corrected chi connectivity index (χ2v) is 5.28. The molecule has 0 aliphatic carbocycles. The Morgan fingerprint density at radius 1 is 1.30 bits per heavy atom. The summed E-state index contributed by atoms with van der Waals surface area (Å²) in [6.07, 6.45) is 0.967. The number of anilines is 1. The number of nitrogens with zero attached hydrogens (tertiary/aromatic N) is 1. The molecular formula is C13H13BrN2O4. The highest BCUT2D eigenvalue weighted by Gasteiger charge is 2.36. The molecule has 20 heavy (non-hydrogen) atoms. The van der Waals surface area contributed by atoms with Crippen LogP contribution in [0.4, 0.5) is 5.69 Å². The first kappa shape index (κ1) is 14.5. The van der Waals surface area contributed by atoms with Gasteiger partial charge in [0, 0.05) is 11.0 Å². The topological polar surface area (TPSA) is 86.7 Å². The van der Waals surface area contributed by atoms with Crippen LogP contribution in [0, 0.1) is 0 Å². The summed E-state index contributed by atoms with van der Waals surface area (Å²) in [4.78, 5) is 36.0. The largest absolute Gasteiger partial charge is 0.480 e. The Morgan fingerprint density at radius 2 is 2.00 bits per heavy atom. The average Bonchev–Trinajstić information content (AvgIpc) is 2.89. The normalized spacial score (nSPS) is 17.9. The number of likely N-dealkylation sites (tertiary alicyclic amines) is 1. The Morgan fingerprint density at radius 3 is 2.65 bits per heavy atom. The van der Waals surface area contributed by atoms with E-state index in [1.54, 1.807) is 24.3 Å². The highest BCUT2D eigenvalue weighted by atomic mass is 79.9. The van der Waals surface area contributed by atoms with E-state index in [9.17, 15) is 14.4 Å². The van der Waals surface area contributed by atoms with Gasteiger partial charge in [-0.3, -0.25) is 9.59 Å². The number of carboxylic acid groups (broad SMARTS) is 1. The van der Waals surface area contributed by atoms with Gasteiger partial charge in [-0.1, -0.05) is 12.1 Å². The van der Waals surface area contributed by atoms with Gasteiger partial charge in [-0.25, -0.2) is 4.79 Å². The predicted octanol–water partition coefficient (Wildman–Crippen LogP) is 1.46. The number of amides is 2. The van der Waals surface area contributed by atoms with Crippen LogP contribution in [-0.4, -0.2) is 40.4 Å². The number of carbonyl (C=O) groups is 3. The molecule has 0 aromatic heterocycles. The van der Waals surface area contributed by atoms with Crippen molar-refractivity contribution in [3.05, 3.63) is 28.7 Å². The molecule has 1 aliphatic heterocycles. The van der Waals surface area contributed by atoms with Crippen molar-refractivity contribution in [2.75, 3.05) is 11.9 Å². The van der Waals surface area contributed by atoms with Crippen LogP contribution in [0.25, 0.3) is 0 Å². The number of aliphatic carboxylic acids is 1. The summed E-state index contributed by atoms with van der Waals surface area (Å²) in [6, 6.07) is 5.97. The van der Waals surface area contributed by atoms with Gasteiger partial charge in [0.1, 0.15) is 6.04 Å². The van der Waals surface area contributed by atoms with E-state index >= 15 is 0 Å². The molecule has 0 bridgehead atoms. The highest BCUT2D eigenvalue weighted by molar-refractivity contribution is 9.10. The number of carboxylic acids is 1. The third kappa shape index (κ3) is 2.98. The molecule has 106 valence electrons. The average molecular weight is 341 g/mol. The molecule has 1 aromatic rings. The Bertz CT molecular complexity index is 561. The number of halogens is 1. The van der Waals surface area contributed by atoms with Gasteiger partial charge >= 0.3 is 17.8 Å². The predicted molar refractivity (Wildman–Crippen MR) is 75.1 cm³/mol. The number of hydrogen-bond acceptors (Lipinski definition) is 3. The lowest BCUT2D eigenvalue weighted by atomic mass is 10.2. The smallest absolute Gasteiger partial charge is 0.326 e. The van der Waals surface area contributed by atoms with Crippen LogP contribution in [-0.2, 0) is 14.4 Å². The van der Waals surface area contributed by atoms with Gasteiger partial charge in [-0.15, -0.1) is 0 Å². The molecule has 1 heterocycles. The fraction of sp³-hybridized carbons (Fsp3) is 0.308. The van der Waals surface area contributed by atoms with Gasteiger partial charge in [-0.2, -0.15) is 0 Å². The first-order valence-corrected chi connectivity index (χ1v) is 6.89. The van der Waals surface area contributed by atoms with Gasteiger partial charge in [0.15, 0.2) is 0 Å². The molecule has 1 aliphatic rings. The third-order valence-electron chi connectivity index (χ3n) is 3.12. The number of carbonyl (C=O) groups excluding carboxylic acids is 2. The molecule has 1 saturated heterocycles. The maximum absolute atomic E-state index is 12.0. The molecular weight excluding hydrogens is 328 g/mol. The molecule has 2 amide bonds. The third-order valence-corrected chi connectivity index (χ3v) is 3.81. The lowest BCUT2D eigenvalue weighted by molar-refractivity contribution is -0.151. The number of nitrogens with one attached hydrogen (secondary N) is 1. The summed E-state index contributed by atoms with van der Waals surface area (Å²) in [5, 5.41) is 11.5. The molecule has 1 unspecified atom stereocenters. The van der Waals surface area contributed by atoms with E-state index < -0.39 is 23.8 Å². The standard InChI is InChI=1S/C13H13BrN2O4/c14-8-4-1-2-5-9(8)15-11(17)12(18)16-7-3-6-10(16)13(19)20/h1-2,4-5,10H,3,6-7H2,(H,15,17)(H,19,20). The quantitative estimate of drug-likeness (QED) is 0.798. The van der Waals surface area contributed by atoms with Crippen LogP contribution in [0.15, 0.2) is 28.7 Å². The summed E-state index contributed by atoms with van der Waals surface area (Å²) in [5.41, 5.74) is 0.469. The first-order chi connectivity index (χ1) is 9.50. The zero-order valence-corrected chi connectivity index (χ0v) is 12.1. The van der Waals surface area contributed by atoms with Crippen LogP contribution in [0.2, 0.25) is 0 Å². The van der Waals surface area contributed by atoms with Crippen molar-refractivity contribution in [3.8, 4) is 0 Å². The monoisotopic (exact) mass is 340 g/mol. The molecule has 2 N–H and O–H groups in total. The minimum Gasteiger partial charge on any atom is -0.480 e. The van der Waals surface area contributed by atoms with Crippen LogP contribution in [0.5, 0.6) is 0 Å². The minimum atomic E-state index is -1.08. The fourth-order valence-corrected chi connectivity index (χ4v) is 2.52. The van der Waals surface area contributed by atoms with E-state index in [2.05, 4.69) is 21.2 Å². The van der Waals surface area contributed by atoms with E-state index in [-0.39, 0.29) is 0 Å². The maximum atomic E-state index is 12.0. The second-order valence-electron chi connectivity index (χ2n) is 4.43. The molecule has 0 spiro atoms. The summed E-state index contributed by atoms with van der Waals surface area (Å²) in [7, 11) is 0. The van der Waals surface area contributed by atoms with Crippen LogP contribution >= 0.6 is 15.9 Å². The Balaban J connectivity index is 2.08. The van der Waals surface area contributed by atoms with Gasteiger partial charge < -0.3 is 15.3 Å². The molecule has 1 atom stereocenters. The van der Waals surface area contributed by atoms with Crippen molar-refractivity contribution in [2.24, 2.45) is 0 Å². The number of para-hydroxylation sites is 1. The molecule has 1 fully saturated rings. The van der Waals surface area contributed by atoms with Crippen molar-refractivity contribution in [3.63, 3.8) is 0 Å². The Labute approximate surface area is 123 Å². The van der Waals surface area contributed by atoms with E-state index in [1.165, 1.54) is 0 Å². The van der Waals surface area contributed by atoms with Crippen LogP contribution in [0.1, 0.15) is 12.8 Å². The highest BCUT2D eigenvalue weighted by Crippen LogP contribution is 2.22. The number of hydrogen-bond donors (Lipinski definition) is 2. The summed E-state index contributed by atoms with van der Waals surface area (Å²) in [5.74, 6) is -2.72. The SMILES string of the molecule is O=C(Nc1ccccc1Br)C(=O)N1CCCC1C(=O)O. The Hall–Kier alpha value is -1.89. The minimum absolute atomic E-state index is 0.291. The van der Waals surface area contributed by atoms with Crippen LogP contribution < -0.4 is 5.32 Å². The first-order valence-electron chi connectivity index (χ1n) is 6.10. The zero-order chi connectivity index (χ0) is 14.7. The molecule has 1 aromatic carbocycles. The van der Waals surface area contributed by atoms with E-state index in [0.29, 0.717) is 29.5 Å². The van der Waals surface area contributed by atoms with Crippen molar-refractivity contribution in [1.29, 1.82) is 0 Å². The second kappa shape index (κ2) is 6.04. The van der Waals surface area contributed by atoms with E-state index in [4.69, 9.17) is 5.11 Å². The van der Waals surface area contributed by atoms with Crippen molar-refractivity contribution in [2.45, 2.75) is 18.9 Å². The fourth-order valence-electron chi connectivity index (χ4n) is 2.14. The van der Waals surface area contributed by atoms with Crippen molar-refractivity contribution >= 4 is 39.4 Å². The van der Waals surface area contributed by atoms with Gasteiger partial charge in [-0.05, 0) is 40.9 Å². The van der Waals surface area contributed by atoms with Crippen molar-refractivity contribution in [1.82, 2.24) is 4.90 Å². The van der Waals surface area contributed by atoms with Gasteiger partial charge in [0.25, 0.3) is 0 Å². The summed E-state index contributed by atoms with van der Waals surface area (Å²) < 4.78 is 0.650. The summed E-state index contributed by atoms with van der Waals surface area (Å²) >= 11 is 3.26. The summed E-state index contributed by atoms with van der Waals surface area (Å²) in [6.45, 7) is 0.291. The Kier molecular flexibility index (Phi) is 4.39. The molecule has 6 nitrogen and oxygen atoms in total. The van der Waals surface area contributed by atoms with E-state index in [0.717, 1.165) is 4.90 Å². The number of rotatable bonds is 2. The molecule has 0 radical (unpaired) electrons. The number of benzene rings is 1. The lowest BCUT2D eigenvalue weighted by Crippen LogP contribution is -2.45. The van der Waals surface area contributed by atoms with E-state index in [1.807, 2.05) is 0 Å². The van der Waals surface area contributed by atoms with Gasteiger partial charge in [0.2, 0.25) is 0 Å². The van der Waals surface area contributed by atoms with Crippen molar-refractivity contribution < 1.29 is 19.5 Å².